The summed E-state index contributed by atoms with van der Waals surface area (Å²) in [7, 11) is 0. The number of hydrogen-bond acceptors (Lipinski definition) is 6. The number of rotatable bonds is 14. The van der Waals surface area contributed by atoms with Crippen LogP contribution >= 0.6 is 11.8 Å². The van der Waals surface area contributed by atoms with Crippen LogP contribution in [0.25, 0.3) is 11.1 Å². The van der Waals surface area contributed by atoms with E-state index in [1.54, 1.807) is 11.8 Å². The third kappa shape index (κ3) is 8.94. The Labute approximate surface area is 238 Å². The summed E-state index contributed by atoms with van der Waals surface area (Å²) in [6.45, 7) is 11.2. The first-order valence-corrected chi connectivity index (χ1v) is 15.0. The van der Waals surface area contributed by atoms with Gasteiger partial charge in [-0.2, -0.15) is 0 Å². The van der Waals surface area contributed by atoms with Crippen LogP contribution in [0.3, 0.4) is 0 Å². The van der Waals surface area contributed by atoms with E-state index in [4.69, 9.17) is 9.47 Å². The monoisotopic (exact) mass is 549 g/mol. The number of aliphatic hydroxyl groups is 1. The van der Waals surface area contributed by atoms with Crippen molar-refractivity contribution in [2.45, 2.75) is 70.1 Å². The number of esters is 1. The molecule has 3 aromatic carbocycles. The van der Waals surface area contributed by atoms with Gasteiger partial charge in [0.1, 0.15) is 0 Å². The molecule has 5 nitrogen and oxygen atoms in total. The maximum absolute atomic E-state index is 12.4. The summed E-state index contributed by atoms with van der Waals surface area (Å²) in [5, 5.41) is 14.2. The fourth-order valence-electron chi connectivity index (χ4n) is 4.73. The van der Waals surface area contributed by atoms with Gasteiger partial charge in [0, 0.05) is 17.0 Å². The Bertz CT molecular complexity index is 1230. The first kappa shape index (κ1) is 30.9. The first-order chi connectivity index (χ1) is 18.7. The molecule has 0 bridgehead atoms. The number of β-amino-alcohol motifs (C(OH)–C–C–N with tert-alkyl or cyclic N) is 1. The zero-order chi connectivity index (χ0) is 28.4. The number of nitrogens with one attached hydrogen (secondary N) is 1. The van der Waals surface area contributed by atoms with E-state index >= 15 is 0 Å². The fraction of sp³-hybridized carbons (Fsp3) is 0.424. The van der Waals surface area contributed by atoms with E-state index in [2.05, 4.69) is 67.9 Å². The Morgan fingerprint density at radius 3 is 2.54 bits per heavy atom. The van der Waals surface area contributed by atoms with Crippen molar-refractivity contribution in [3.05, 3.63) is 89.0 Å². The largest absolute Gasteiger partial charge is 0.462 e. The average Bonchev–Trinajstić information content (AvgIpc) is 2.94. The summed E-state index contributed by atoms with van der Waals surface area (Å²) in [6, 6.07) is 22.6. The first-order valence-electron chi connectivity index (χ1n) is 13.7. The van der Waals surface area contributed by atoms with Crippen LogP contribution in [-0.4, -0.2) is 48.7 Å². The minimum atomic E-state index is -0.632. The Morgan fingerprint density at radius 1 is 1.05 bits per heavy atom. The van der Waals surface area contributed by atoms with Gasteiger partial charge in [-0.3, -0.25) is 0 Å². The number of benzene rings is 3. The summed E-state index contributed by atoms with van der Waals surface area (Å²) in [5.41, 5.74) is 5.80. The van der Waals surface area contributed by atoms with Crippen LogP contribution in [0.5, 0.6) is 0 Å². The van der Waals surface area contributed by atoms with Crippen molar-refractivity contribution in [1.29, 1.82) is 0 Å². The molecule has 2 N–H and O–H groups in total. The lowest BCUT2D eigenvalue weighted by molar-refractivity contribution is -0.00397. The minimum absolute atomic E-state index is 0.164. The van der Waals surface area contributed by atoms with Gasteiger partial charge in [-0.1, -0.05) is 55.5 Å². The molecule has 2 unspecified atom stereocenters. The molecule has 0 aromatic heterocycles. The zero-order valence-corrected chi connectivity index (χ0v) is 24.9. The molecule has 0 aliphatic carbocycles. The smallest absolute Gasteiger partial charge is 0.338 e. The second-order valence-electron chi connectivity index (χ2n) is 10.5. The molecule has 0 spiro atoms. The molecule has 3 rings (SSSR count). The van der Waals surface area contributed by atoms with E-state index in [9.17, 15) is 9.90 Å². The van der Waals surface area contributed by atoms with E-state index < -0.39 is 6.10 Å². The molecule has 0 amide bonds. The second kappa shape index (κ2) is 14.7. The molecule has 0 heterocycles. The second-order valence-corrected chi connectivity index (χ2v) is 11.3. The van der Waals surface area contributed by atoms with Gasteiger partial charge in [-0.15, -0.1) is 11.8 Å². The number of carbonyl (C=O) groups is 1. The maximum Gasteiger partial charge on any atom is 0.338 e. The number of hydrogen-bond donors (Lipinski definition) is 2. The van der Waals surface area contributed by atoms with Crippen LogP contribution in [-0.2, 0) is 22.3 Å². The van der Waals surface area contributed by atoms with Gasteiger partial charge in [0.2, 0.25) is 0 Å². The maximum atomic E-state index is 12.4. The summed E-state index contributed by atoms with van der Waals surface area (Å²) >= 11 is 1.74. The van der Waals surface area contributed by atoms with E-state index in [-0.39, 0.29) is 24.2 Å². The van der Waals surface area contributed by atoms with Crippen molar-refractivity contribution < 1.29 is 19.4 Å². The van der Waals surface area contributed by atoms with E-state index in [1.807, 2.05) is 45.0 Å². The number of aryl methyl sites for hydroxylation is 1. The predicted octanol–water partition coefficient (Wildman–Crippen LogP) is 6.86. The third-order valence-electron chi connectivity index (χ3n) is 6.83. The molecule has 0 saturated carbocycles. The topological polar surface area (TPSA) is 67.8 Å². The molecule has 0 aliphatic rings. The highest BCUT2D eigenvalue weighted by atomic mass is 32.2. The van der Waals surface area contributed by atoms with Crippen molar-refractivity contribution in [3.8, 4) is 11.1 Å². The molecule has 2 atom stereocenters. The fourth-order valence-corrected chi connectivity index (χ4v) is 5.21. The highest BCUT2D eigenvalue weighted by molar-refractivity contribution is 7.98. The van der Waals surface area contributed by atoms with E-state index in [0.717, 1.165) is 35.1 Å². The SMILES string of the molecule is CCOC(=O)c1ccc(-c2ccccc2C(C)OCC(O)CNC(C)(C)Cc2cccc(SC)c2)cc1CC. The highest BCUT2D eigenvalue weighted by Gasteiger charge is 2.21. The van der Waals surface area contributed by atoms with Gasteiger partial charge < -0.3 is 19.9 Å². The van der Waals surface area contributed by atoms with Crippen molar-refractivity contribution in [1.82, 2.24) is 5.32 Å². The van der Waals surface area contributed by atoms with Gasteiger partial charge in [0.05, 0.1) is 31.0 Å². The summed E-state index contributed by atoms with van der Waals surface area (Å²) < 4.78 is 11.4. The minimum Gasteiger partial charge on any atom is -0.462 e. The Kier molecular flexibility index (Phi) is 11.6. The predicted molar refractivity (Wildman–Crippen MR) is 162 cm³/mol. The quantitative estimate of drug-likeness (QED) is 0.169. The van der Waals surface area contributed by atoms with Gasteiger partial charge in [0.15, 0.2) is 0 Å². The Balaban J connectivity index is 1.62. The van der Waals surface area contributed by atoms with Crippen molar-refractivity contribution >= 4 is 17.7 Å². The molecular formula is C33H43NO4S. The third-order valence-corrected chi connectivity index (χ3v) is 7.55. The molecule has 3 aromatic rings. The Hall–Kier alpha value is -2.64. The lowest BCUT2D eigenvalue weighted by atomic mass is 9.93. The molecule has 0 fully saturated rings. The van der Waals surface area contributed by atoms with E-state index in [1.165, 1.54) is 10.5 Å². The lowest BCUT2D eigenvalue weighted by Crippen LogP contribution is -2.46. The molecular weight excluding hydrogens is 506 g/mol. The average molecular weight is 550 g/mol. The molecule has 0 saturated heterocycles. The van der Waals surface area contributed by atoms with Crippen molar-refractivity contribution in [3.63, 3.8) is 0 Å². The summed E-state index contributed by atoms with van der Waals surface area (Å²) in [6.07, 6.45) is 2.84. The van der Waals surface area contributed by atoms with Crippen LogP contribution in [0.4, 0.5) is 0 Å². The molecule has 6 heteroatoms. The normalized spacial score (nSPS) is 13.2. The standard InChI is InChI=1S/C33H43NO4S/c1-7-25-19-26(16-17-31(25)32(36)37-8-2)30-15-10-9-14-29(30)23(3)38-22-27(35)21-34-33(4,5)20-24-12-11-13-28(18-24)39-6/h9-19,23,27,34-35H,7-8,20-22H2,1-6H3. The zero-order valence-electron chi connectivity index (χ0n) is 24.1. The molecule has 0 radical (unpaired) electrons. The molecule has 39 heavy (non-hydrogen) atoms. The Morgan fingerprint density at radius 2 is 1.82 bits per heavy atom. The van der Waals surface area contributed by atoms with Crippen LogP contribution < -0.4 is 5.32 Å². The van der Waals surface area contributed by atoms with Gasteiger partial charge in [-0.25, -0.2) is 4.79 Å². The number of ether oxygens (including phenoxy) is 2. The number of aliphatic hydroxyl groups excluding tert-OH is 1. The van der Waals surface area contributed by atoms with E-state index in [0.29, 0.717) is 18.7 Å². The van der Waals surface area contributed by atoms with Crippen molar-refractivity contribution in [2.75, 3.05) is 26.0 Å². The molecule has 0 aliphatic heterocycles. The van der Waals surface area contributed by atoms with Gasteiger partial charge in [-0.05, 0) is 92.8 Å². The molecule has 210 valence electrons. The summed E-state index contributed by atoms with van der Waals surface area (Å²) in [4.78, 5) is 13.6. The van der Waals surface area contributed by atoms with Gasteiger partial charge in [0.25, 0.3) is 0 Å². The number of thioether (sulfide) groups is 1. The van der Waals surface area contributed by atoms with Crippen LogP contribution in [0.2, 0.25) is 0 Å². The van der Waals surface area contributed by atoms with Crippen molar-refractivity contribution in [2.24, 2.45) is 0 Å². The van der Waals surface area contributed by atoms with Crippen LogP contribution in [0.1, 0.15) is 67.8 Å². The van der Waals surface area contributed by atoms with Crippen LogP contribution in [0.15, 0.2) is 71.6 Å². The van der Waals surface area contributed by atoms with Crippen LogP contribution in [0, 0.1) is 0 Å². The summed E-state index contributed by atoms with van der Waals surface area (Å²) in [5.74, 6) is -0.287. The van der Waals surface area contributed by atoms with Gasteiger partial charge >= 0.3 is 5.97 Å². The highest BCUT2D eigenvalue weighted by Crippen LogP contribution is 2.32. The number of carbonyl (C=O) groups excluding carboxylic acids is 1. The lowest BCUT2D eigenvalue weighted by Gasteiger charge is -2.28.